The molecule has 0 saturated carbocycles. The number of pyridine rings is 2. The quantitative estimate of drug-likeness (QED) is 0.243. The number of aromatic amines is 1. The van der Waals surface area contributed by atoms with Gasteiger partial charge in [-0.1, -0.05) is 12.1 Å². The van der Waals surface area contributed by atoms with Crippen LogP contribution < -0.4 is 11.1 Å². The van der Waals surface area contributed by atoms with Gasteiger partial charge in [0.25, 0.3) is 0 Å². The number of hydrogen-bond acceptors (Lipinski definition) is 8. The number of aryl methyl sites for hydroxylation is 1. The normalized spacial score (nSPS) is 14.4. The van der Waals surface area contributed by atoms with E-state index in [1.165, 1.54) is 11.1 Å². The van der Waals surface area contributed by atoms with Gasteiger partial charge in [-0.15, -0.1) is 0 Å². The maximum Gasteiger partial charge on any atom is 0.167 e. The number of nitrogens with zero attached hydrogens (tertiary/aromatic N) is 7. The summed E-state index contributed by atoms with van der Waals surface area (Å²) in [7, 11) is 0. The lowest BCUT2D eigenvalue weighted by molar-refractivity contribution is 0.112. The fraction of sp³-hybridized carbons (Fsp3) is 0.0968. The van der Waals surface area contributed by atoms with Crippen molar-refractivity contribution in [2.75, 3.05) is 11.1 Å². The number of rotatable bonds is 6. The number of carbonyl (C=O) groups is 1. The van der Waals surface area contributed by atoms with Gasteiger partial charge in [0.15, 0.2) is 29.4 Å². The third-order valence-corrected chi connectivity index (χ3v) is 7.84. The van der Waals surface area contributed by atoms with Crippen LogP contribution in [-0.2, 0) is 6.42 Å². The number of imidazole rings is 1. The van der Waals surface area contributed by atoms with E-state index in [0.29, 0.717) is 28.7 Å². The Bertz CT molecular complexity index is 2130. The number of fused-ring (bicyclic) bond motifs is 3. The van der Waals surface area contributed by atoms with Gasteiger partial charge in [0.2, 0.25) is 0 Å². The second-order valence-corrected chi connectivity index (χ2v) is 10.2. The molecule has 1 aliphatic rings. The van der Waals surface area contributed by atoms with Crippen LogP contribution in [0.15, 0.2) is 85.3 Å². The predicted octanol–water partition coefficient (Wildman–Crippen LogP) is 5.04. The fourth-order valence-electron chi connectivity index (χ4n) is 5.84. The fourth-order valence-corrected chi connectivity index (χ4v) is 5.84. The second kappa shape index (κ2) is 9.37. The van der Waals surface area contributed by atoms with Crippen LogP contribution in [0.1, 0.15) is 33.9 Å². The number of aromatic nitrogens is 8. The minimum atomic E-state index is 0.0814. The van der Waals surface area contributed by atoms with Crippen molar-refractivity contribution in [2.24, 2.45) is 0 Å². The summed E-state index contributed by atoms with van der Waals surface area (Å²) >= 11 is 0. The molecule has 7 aromatic rings. The average molecular weight is 553 g/mol. The molecule has 11 heteroatoms. The highest BCUT2D eigenvalue weighted by Gasteiger charge is 2.26. The Morgan fingerprint density at radius 2 is 1.98 bits per heavy atom. The van der Waals surface area contributed by atoms with Crippen LogP contribution >= 0.6 is 0 Å². The summed E-state index contributed by atoms with van der Waals surface area (Å²) in [5, 5.41) is 16.3. The molecular formula is C31H24N10O. The Morgan fingerprint density at radius 1 is 1.02 bits per heavy atom. The summed E-state index contributed by atoms with van der Waals surface area (Å²) in [5.74, 6) is 2.49. The first-order valence-corrected chi connectivity index (χ1v) is 13.6. The smallest absolute Gasteiger partial charge is 0.167 e. The standard InChI is InChI=1S/C31H24N10O/c32-28-23(6-2-13-33-28)30-36-25-11-12-26(40-15-3-14-34-40)37-31(25)41(30)20-8-9-21-18(16-20)7-10-24(21)35-29-22-5-1-4-19(17-42)27(22)38-39-29/h1-6,8-9,11-17,24H,7,10H2,(H2,32,33)(H2,35,38,39)/t24-/m0/s1. The number of nitrogens with two attached hydrogens (primary N) is 1. The van der Waals surface area contributed by atoms with Gasteiger partial charge in [0.1, 0.15) is 11.3 Å². The molecule has 42 heavy (non-hydrogen) atoms. The molecule has 8 rings (SSSR count). The van der Waals surface area contributed by atoms with Gasteiger partial charge >= 0.3 is 0 Å². The Hall–Kier alpha value is -5.84. The van der Waals surface area contributed by atoms with Gasteiger partial charge in [-0.25, -0.2) is 19.6 Å². The van der Waals surface area contributed by atoms with Gasteiger partial charge in [0.05, 0.1) is 17.1 Å². The molecule has 0 fully saturated rings. The molecule has 0 aliphatic heterocycles. The lowest BCUT2D eigenvalue weighted by Gasteiger charge is -2.15. The van der Waals surface area contributed by atoms with E-state index >= 15 is 0 Å². The number of H-pyrrole nitrogens is 1. The molecule has 0 bridgehead atoms. The maximum atomic E-state index is 11.5. The van der Waals surface area contributed by atoms with E-state index in [1.54, 1.807) is 23.1 Å². The summed E-state index contributed by atoms with van der Waals surface area (Å²) in [6.07, 6.45) is 7.91. The van der Waals surface area contributed by atoms with Crippen LogP contribution in [0.5, 0.6) is 0 Å². The lowest BCUT2D eigenvalue weighted by Crippen LogP contribution is -2.08. The summed E-state index contributed by atoms with van der Waals surface area (Å²) < 4.78 is 3.77. The van der Waals surface area contributed by atoms with Crippen molar-refractivity contribution >= 4 is 40.0 Å². The molecule has 11 nitrogen and oxygen atoms in total. The number of para-hydroxylation sites is 1. The number of nitrogen functional groups attached to an aromatic ring is 1. The predicted molar refractivity (Wildman–Crippen MR) is 160 cm³/mol. The molecule has 0 amide bonds. The van der Waals surface area contributed by atoms with E-state index in [0.717, 1.165) is 52.6 Å². The number of benzene rings is 2. The van der Waals surface area contributed by atoms with Crippen molar-refractivity contribution in [3.63, 3.8) is 0 Å². The molecule has 0 saturated heterocycles. The van der Waals surface area contributed by atoms with Gasteiger partial charge in [0, 0.05) is 35.2 Å². The van der Waals surface area contributed by atoms with Crippen LogP contribution in [0, 0.1) is 0 Å². The van der Waals surface area contributed by atoms with Gasteiger partial charge in [-0.05, 0) is 78.6 Å². The Kier molecular flexibility index (Phi) is 5.36. The SMILES string of the molecule is Nc1ncccc1-c1nc2ccc(-n3cccn3)nc2n1-c1ccc2c(c1)CC[C@@H]2Nc1n[nH]c2c(C=O)cccc12. The molecule has 5 heterocycles. The first-order valence-electron chi connectivity index (χ1n) is 13.6. The lowest BCUT2D eigenvalue weighted by atomic mass is 10.1. The Balaban J connectivity index is 1.22. The molecule has 0 spiro atoms. The number of carbonyl (C=O) groups excluding carboxylic acids is 1. The monoisotopic (exact) mass is 552 g/mol. The first-order chi connectivity index (χ1) is 20.7. The number of anilines is 2. The molecule has 1 atom stereocenters. The summed E-state index contributed by atoms with van der Waals surface area (Å²) in [4.78, 5) is 25.7. The van der Waals surface area contributed by atoms with Crippen molar-refractivity contribution in [1.29, 1.82) is 0 Å². The van der Waals surface area contributed by atoms with Crippen molar-refractivity contribution in [2.45, 2.75) is 18.9 Å². The van der Waals surface area contributed by atoms with E-state index in [4.69, 9.17) is 15.7 Å². The number of aldehydes is 1. The molecule has 0 unspecified atom stereocenters. The largest absolute Gasteiger partial charge is 0.383 e. The number of hydrogen-bond donors (Lipinski definition) is 3. The van der Waals surface area contributed by atoms with Crippen molar-refractivity contribution < 1.29 is 4.79 Å². The van der Waals surface area contributed by atoms with Crippen molar-refractivity contribution in [3.8, 4) is 22.9 Å². The van der Waals surface area contributed by atoms with Gasteiger partial charge in [-0.2, -0.15) is 10.2 Å². The second-order valence-electron chi connectivity index (χ2n) is 10.2. The van der Waals surface area contributed by atoms with E-state index < -0.39 is 0 Å². The van der Waals surface area contributed by atoms with E-state index in [1.807, 2.05) is 53.2 Å². The first kappa shape index (κ1) is 24.0. The van der Waals surface area contributed by atoms with Crippen LogP contribution in [0.25, 0.3) is 45.0 Å². The highest BCUT2D eigenvalue weighted by molar-refractivity contribution is 6.00. The van der Waals surface area contributed by atoms with Crippen LogP contribution in [0.2, 0.25) is 0 Å². The zero-order valence-electron chi connectivity index (χ0n) is 22.3. The van der Waals surface area contributed by atoms with E-state index in [2.05, 4.69) is 43.8 Å². The molecule has 5 aromatic heterocycles. The molecule has 0 radical (unpaired) electrons. The van der Waals surface area contributed by atoms with Gasteiger partial charge in [-0.3, -0.25) is 14.5 Å². The molecule has 2 aromatic carbocycles. The van der Waals surface area contributed by atoms with E-state index in [-0.39, 0.29) is 6.04 Å². The maximum absolute atomic E-state index is 11.5. The summed E-state index contributed by atoms with van der Waals surface area (Å²) in [6.45, 7) is 0. The summed E-state index contributed by atoms with van der Waals surface area (Å²) in [6, 6.07) is 21.6. The van der Waals surface area contributed by atoms with E-state index in [9.17, 15) is 4.79 Å². The van der Waals surface area contributed by atoms with Crippen LogP contribution in [0.3, 0.4) is 0 Å². The van der Waals surface area contributed by atoms with Crippen LogP contribution in [-0.4, -0.2) is 45.8 Å². The third kappa shape index (κ3) is 3.74. The highest BCUT2D eigenvalue weighted by Crippen LogP contribution is 2.38. The van der Waals surface area contributed by atoms with Crippen LogP contribution in [0.4, 0.5) is 11.6 Å². The molecule has 4 N–H and O–H groups in total. The zero-order chi connectivity index (χ0) is 28.2. The number of nitrogens with one attached hydrogen (secondary N) is 2. The molecular weight excluding hydrogens is 528 g/mol. The third-order valence-electron chi connectivity index (χ3n) is 7.84. The highest BCUT2D eigenvalue weighted by atomic mass is 16.1. The molecule has 1 aliphatic carbocycles. The van der Waals surface area contributed by atoms with Crippen molar-refractivity contribution in [1.82, 2.24) is 39.5 Å². The zero-order valence-corrected chi connectivity index (χ0v) is 22.3. The Morgan fingerprint density at radius 3 is 2.83 bits per heavy atom. The minimum Gasteiger partial charge on any atom is -0.383 e. The van der Waals surface area contributed by atoms with Crippen molar-refractivity contribution in [3.05, 3.63) is 102 Å². The minimum absolute atomic E-state index is 0.0814. The molecule has 204 valence electrons. The van der Waals surface area contributed by atoms with Gasteiger partial charge < -0.3 is 11.1 Å². The summed E-state index contributed by atoms with van der Waals surface area (Å²) in [5.41, 5.74) is 13.2. The average Bonchev–Trinajstić information content (AvgIpc) is 3.83. The Labute approximate surface area is 239 Å². The topological polar surface area (TPSA) is 145 Å².